The molecule has 0 aliphatic carbocycles. The lowest BCUT2D eigenvalue weighted by molar-refractivity contribution is 0.425. The lowest BCUT2D eigenvalue weighted by atomic mass is 9.81. The Morgan fingerprint density at radius 3 is 2.55 bits per heavy atom. The molecule has 0 fully saturated rings. The summed E-state index contributed by atoms with van der Waals surface area (Å²) in [6.45, 7) is 0. The smallest absolute Gasteiger partial charge is 0.423 e. The van der Waals surface area contributed by atoms with E-state index in [1.807, 2.05) is 22.6 Å². The van der Waals surface area contributed by atoms with Crippen LogP contribution in [0.5, 0.6) is 0 Å². The fourth-order valence-electron chi connectivity index (χ4n) is 0.664. The van der Waals surface area contributed by atoms with Gasteiger partial charge >= 0.3 is 7.12 Å². The third-order valence-electron chi connectivity index (χ3n) is 1.18. The van der Waals surface area contributed by atoms with Gasteiger partial charge in [0.25, 0.3) is 0 Å². The molecule has 0 amide bonds. The Morgan fingerprint density at radius 2 is 2.09 bits per heavy atom. The van der Waals surface area contributed by atoms with Gasteiger partial charge in [-0.05, 0) is 28.7 Å². The second-order valence-electron chi connectivity index (χ2n) is 1.96. The van der Waals surface area contributed by atoms with E-state index in [4.69, 9.17) is 10.0 Å². The lowest BCUT2D eigenvalue weighted by Gasteiger charge is -1.96. The maximum Gasteiger partial charge on any atom is 0.494 e. The molecular weight excluding hydrogens is 260 g/mol. The predicted octanol–water partition coefficient (Wildman–Crippen LogP) is -1.34. The van der Waals surface area contributed by atoms with E-state index in [-0.39, 0.29) is 5.46 Å². The molecule has 0 aliphatic heterocycles. The van der Waals surface area contributed by atoms with Crippen molar-refractivity contribution in [2.75, 3.05) is 0 Å². The monoisotopic (exact) mass is 265 g/mol. The number of aromatic nitrogens is 1. The van der Waals surface area contributed by atoms with Crippen molar-refractivity contribution < 1.29 is 10.0 Å². The van der Waals surface area contributed by atoms with Crippen LogP contribution in [0.25, 0.3) is 0 Å². The van der Waals surface area contributed by atoms with Gasteiger partial charge in [-0.15, -0.1) is 0 Å². The highest BCUT2D eigenvalue weighted by Gasteiger charge is 2.14. The molecule has 3 N–H and O–H groups in total. The zero-order valence-electron chi connectivity index (χ0n) is 5.41. The van der Waals surface area contributed by atoms with Crippen LogP contribution in [-0.4, -0.2) is 22.2 Å². The maximum absolute atomic E-state index is 10.9. The first-order valence-corrected chi connectivity index (χ1v) is 3.94. The maximum atomic E-state index is 10.9. The standard InChI is InChI=1S/C5H5BINO3/c7-4-2-1-3(6(10)11)5(9)8-4/h1-2,10-11H,(H,8,9). The highest BCUT2D eigenvalue weighted by Crippen LogP contribution is 1.92. The zero-order chi connectivity index (χ0) is 8.43. The van der Waals surface area contributed by atoms with Crippen molar-refractivity contribution in [3.63, 3.8) is 0 Å². The first kappa shape index (κ1) is 8.76. The topological polar surface area (TPSA) is 73.3 Å². The van der Waals surface area contributed by atoms with Gasteiger partial charge in [-0.2, -0.15) is 0 Å². The van der Waals surface area contributed by atoms with Gasteiger partial charge in [0, 0.05) is 5.46 Å². The minimum atomic E-state index is -1.70. The number of aromatic amines is 1. The third kappa shape index (κ3) is 2.04. The van der Waals surface area contributed by atoms with E-state index in [9.17, 15) is 4.79 Å². The van der Waals surface area contributed by atoms with Gasteiger partial charge in [0.05, 0.1) is 3.70 Å². The largest absolute Gasteiger partial charge is 0.494 e. The van der Waals surface area contributed by atoms with Crippen LogP contribution in [0, 0.1) is 3.70 Å². The first-order chi connectivity index (χ1) is 5.11. The van der Waals surface area contributed by atoms with Crippen LogP contribution in [0.2, 0.25) is 0 Å². The van der Waals surface area contributed by atoms with Crippen molar-refractivity contribution in [2.45, 2.75) is 0 Å². The molecule has 0 atom stereocenters. The third-order valence-corrected chi connectivity index (χ3v) is 1.81. The Hall–Kier alpha value is -0.335. The number of halogens is 1. The van der Waals surface area contributed by atoms with Gasteiger partial charge in [-0.3, -0.25) is 4.79 Å². The Morgan fingerprint density at radius 1 is 1.45 bits per heavy atom. The summed E-state index contributed by atoms with van der Waals surface area (Å²) in [5.41, 5.74) is -0.502. The summed E-state index contributed by atoms with van der Waals surface area (Å²) < 4.78 is 0.664. The van der Waals surface area contributed by atoms with Crippen molar-refractivity contribution in [2.24, 2.45) is 0 Å². The lowest BCUT2D eigenvalue weighted by Crippen LogP contribution is -2.42. The first-order valence-electron chi connectivity index (χ1n) is 2.86. The molecule has 0 saturated carbocycles. The Kier molecular flexibility index (Phi) is 2.69. The van der Waals surface area contributed by atoms with Gasteiger partial charge in [0.1, 0.15) is 0 Å². The molecule has 4 nitrogen and oxygen atoms in total. The molecule has 6 heteroatoms. The van der Waals surface area contributed by atoms with Crippen molar-refractivity contribution in [3.8, 4) is 0 Å². The van der Waals surface area contributed by atoms with Gasteiger partial charge in [0.15, 0.2) is 0 Å². The number of pyridine rings is 1. The molecule has 0 unspecified atom stereocenters. The number of rotatable bonds is 1. The molecule has 1 aromatic heterocycles. The molecule has 0 aliphatic rings. The Balaban J connectivity index is 3.21. The van der Waals surface area contributed by atoms with E-state index >= 15 is 0 Å². The van der Waals surface area contributed by atoms with Crippen LogP contribution in [0.15, 0.2) is 16.9 Å². The number of H-pyrrole nitrogens is 1. The van der Waals surface area contributed by atoms with Crippen LogP contribution in [0.1, 0.15) is 0 Å². The van der Waals surface area contributed by atoms with Crippen LogP contribution in [-0.2, 0) is 0 Å². The zero-order valence-corrected chi connectivity index (χ0v) is 7.57. The van der Waals surface area contributed by atoms with E-state index in [0.717, 1.165) is 0 Å². The predicted molar refractivity (Wildman–Crippen MR) is 49.6 cm³/mol. The van der Waals surface area contributed by atoms with E-state index in [0.29, 0.717) is 3.70 Å². The van der Waals surface area contributed by atoms with Gasteiger partial charge in [0.2, 0.25) is 5.56 Å². The summed E-state index contributed by atoms with van der Waals surface area (Å²) in [4.78, 5) is 13.3. The van der Waals surface area contributed by atoms with Crippen molar-refractivity contribution >= 4 is 35.2 Å². The summed E-state index contributed by atoms with van der Waals surface area (Å²) in [7, 11) is -1.70. The molecule has 11 heavy (non-hydrogen) atoms. The molecule has 0 bridgehead atoms. The van der Waals surface area contributed by atoms with E-state index in [1.165, 1.54) is 6.07 Å². The number of nitrogens with one attached hydrogen (secondary N) is 1. The van der Waals surface area contributed by atoms with E-state index < -0.39 is 12.7 Å². The molecule has 0 spiro atoms. The minimum Gasteiger partial charge on any atom is -0.423 e. The van der Waals surface area contributed by atoms with Gasteiger partial charge in [-0.1, -0.05) is 6.07 Å². The van der Waals surface area contributed by atoms with Crippen molar-refractivity contribution in [3.05, 3.63) is 26.2 Å². The summed E-state index contributed by atoms with van der Waals surface area (Å²) in [6.07, 6.45) is 0. The van der Waals surface area contributed by atoms with Crippen LogP contribution >= 0.6 is 22.6 Å². The average Bonchev–Trinajstić information content (AvgIpc) is 1.85. The van der Waals surface area contributed by atoms with Gasteiger partial charge < -0.3 is 15.0 Å². The Labute approximate surface area is 76.6 Å². The summed E-state index contributed by atoms with van der Waals surface area (Å²) in [5, 5.41) is 17.3. The van der Waals surface area contributed by atoms with Crippen molar-refractivity contribution in [1.82, 2.24) is 4.98 Å². The number of hydrogen-bond donors (Lipinski definition) is 3. The second-order valence-corrected chi connectivity index (χ2v) is 3.13. The number of hydrogen-bond acceptors (Lipinski definition) is 3. The molecule has 0 saturated heterocycles. The highest BCUT2D eigenvalue weighted by molar-refractivity contribution is 14.1. The Bertz CT molecular complexity index is 311. The highest BCUT2D eigenvalue weighted by atomic mass is 127. The molecule has 1 aromatic rings. The molecule has 0 aromatic carbocycles. The van der Waals surface area contributed by atoms with Crippen molar-refractivity contribution in [1.29, 1.82) is 0 Å². The van der Waals surface area contributed by atoms with Crippen LogP contribution < -0.4 is 11.0 Å². The van der Waals surface area contributed by atoms with E-state index in [2.05, 4.69) is 4.98 Å². The molecule has 1 heterocycles. The van der Waals surface area contributed by atoms with Gasteiger partial charge in [-0.25, -0.2) is 0 Å². The summed E-state index contributed by atoms with van der Waals surface area (Å²) in [5.74, 6) is 0. The molecular formula is C5H5BINO3. The summed E-state index contributed by atoms with van der Waals surface area (Å²) in [6, 6.07) is 2.97. The fourth-order valence-corrected chi connectivity index (χ4v) is 1.09. The summed E-state index contributed by atoms with van der Waals surface area (Å²) >= 11 is 1.93. The SMILES string of the molecule is O=c1[nH]c(I)ccc1B(O)O. The molecule has 58 valence electrons. The van der Waals surface area contributed by atoms with Crippen LogP contribution in [0.4, 0.5) is 0 Å². The molecule has 1 rings (SSSR count). The molecule has 0 radical (unpaired) electrons. The minimum absolute atomic E-state index is 0.0367. The fraction of sp³-hybridized carbons (Fsp3) is 0. The van der Waals surface area contributed by atoms with Crippen LogP contribution in [0.3, 0.4) is 0 Å². The normalized spacial score (nSPS) is 9.73. The second kappa shape index (κ2) is 3.37. The average molecular weight is 265 g/mol. The van der Waals surface area contributed by atoms with E-state index in [1.54, 1.807) is 6.07 Å². The quantitative estimate of drug-likeness (QED) is 0.334.